The predicted octanol–water partition coefficient (Wildman–Crippen LogP) is 1.86. The zero-order valence-corrected chi connectivity index (χ0v) is 12.7. The van der Waals surface area contributed by atoms with Gasteiger partial charge in [0.2, 0.25) is 5.91 Å². The van der Waals surface area contributed by atoms with Crippen molar-refractivity contribution >= 4 is 17.7 Å². The topological polar surface area (TPSA) is 50.4 Å². The van der Waals surface area contributed by atoms with Gasteiger partial charge in [0.25, 0.3) is 0 Å². The van der Waals surface area contributed by atoms with Crippen LogP contribution in [0.1, 0.15) is 24.9 Å². The maximum Gasteiger partial charge on any atom is 0.240 e. The molecule has 2 N–H and O–H groups in total. The second kappa shape index (κ2) is 6.34. The van der Waals surface area contributed by atoms with Gasteiger partial charge in [-0.25, -0.2) is 4.39 Å². The molecule has 4 nitrogen and oxygen atoms in total. The van der Waals surface area contributed by atoms with Crippen LogP contribution in [0.5, 0.6) is 0 Å². The third-order valence-corrected chi connectivity index (χ3v) is 5.05. The summed E-state index contributed by atoms with van der Waals surface area (Å²) in [6.45, 7) is 3.19. The van der Waals surface area contributed by atoms with Gasteiger partial charge in [-0.05, 0) is 37.1 Å². The molecule has 0 saturated carbocycles. The van der Waals surface area contributed by atoms with Gasteiger partial charge in [0.1, 0.15) is 11.9 Å². The highest BCUT2D eigenvalue weighted by Crippen LogP contribution is 2.36. The van der Waals surface area contributed by atoms with Crippen LogP contribution in [0.2, 0.25) is 0 Å². The first-order valence-electron chi connectivity index (χ1n) is 7.23. The molecular weight excluding hydrogens is 291 g/mol. The van der Waals surface area contributed by atoms with E-state index in [1.54, 1.807) is 17.8 Å². The molecule has 0 spiro atoms. The maximum absolute atomic E-state index is 13.5. The minimum absolute atomic E-state index is 0.0747. The van der Waals surface area contributed by atoms with Crippen molar-refractivity contribution in [1.82, 2.24) is 10.6 Å². The van der Waals surface area contributed by atoms with E-state index in [-0.39, 0.29) is 29.9 Å². The molecule has 2 aliphatic heterocycles. The average Bonchev–Trinajstić information content (AvgIpc) is 2.48. The summed E-state index contributed by atoms with van der Waals surface area (Å²) in [4.78, 5) is 13.5. The molecular formula is C15H19FN2O2S. The zero-order valence-electron chi connectivity index (χ0n) is 11.9. The molecule has 3 rings (SSSR count). The SMILES string of the molecule is C[C@H]1OCCN[C@@H]1C(=O)NC1CCSc2ccc(F)cc21. The number of carbonyl (C=O) groups is 1. The summed E-state index contributed by atoms with van der Waals surface area (Å²) in [6, 6.07) is 4.32. The number of rotatable bonds is 2. The summed E-state index contributed by atoms with van der Waals surface area (Å²) < 4.78 is 19.0. The minimum Gasteiger partial charge on any atom is -0.375 e. The van der Waals surface area contributed by atoms with Crippen molar-refractivity contribution < 1.29 is 13.9 Å². The molecule has 2 heterocycles. The lowest BCUT2D eigenvalue weighted by molar-refractivity contribution is -0.129. The number of carbonyl (C=O) groups excluding carboxylic acids is 1. The van der Waals surface area contributed by atoms with E-state index in [0.29, 0.717) is 13.2 Å². The van der Waals surface area contributed by atoms with Gasteiger partial charge in [-0.2, -0.15) is 0 Å². The van der Waals surface area contributed by atoms with Crippen LogP contribution in [0.4, 0.5) is 4.39 Å². The van der Waals surface area contributed by atoms with Crippen molar-refractivity contribution in [3.8, 4) is 0 Å². The fraction of sp³-hybridized carbons (Fsp3) is 0.533. The third-order valence-electron chi connectivity index (χ3n) is 3.93. The van der Waals surface area contributed by atoms with E-state index in [1.165, 1.54) is 12.1 Å². The van der Waals surface area contributed by atoms with E-state index in [0.717, 1.165) is 22.6 Å². The van der Waals surface area contributed by atoms with Crippen LogP contribution in [0.25, 0.3) is 0 Å². The largest absolute Gasteiger partial charge is 0.375 e. The molecule has 1 saturated heterocycles. The van der Waals surface area contributed by atoms with Crippen LogP contribution in [0.15, 0.2) is 23.1 Å². The van der Waals surface area contributed by atoms with Crippen LogP contribution in [0.3, 0.4) is 0 Å². The van der Waals surface area contributed by atoms with E-state index in [1.807, 2.05) is 6.92 Å². The van der Waals surface area contributed by atoms with Crippen molar-refractivity contribution in [2.75, 3.05) is 18.9 Å². The normalized spacial score (nSPS) is 28.8. The van der Waals surface area contributed by atoms with Crippen molar-refractivity contribution in [3.63, 3.8) is 0 Å². The van der Waals surface area contributed by atoms with Crippen LogP contribution < -0.4 is 10.6 Å². The second-order valence-corrected chi connectivity index (χ2v) is 6.52. The average molecular weight is 310 g/mol. The quantitative estimate of drug-likeness (QED) is 0.875. The lowest BCUT2D eigenvalue weighted by atomic mass is 10.0. The Morgan fingerprint density at radius 2 is 2.38 bits per heavy atom. The number of morpholine rings is 1. The van der Waals surface area contributed by atoms with Crippen LogP contribution >= 0.6 is 11.8 Å². The third kappa shape index (κ3) is 3.22. The van der Waals surface area contributed by atoms with Gasteiger partial charge in [-0.3, -0.25) is 4.79 Å². The number of ether oxygens (including phenoxy) is 1. The predicted molar refractivity (Wildman–Crippen MR) is 79.8 cm³/mol. The van der Waals surface area contributed by atoms with E-state index in [9.17, 15) is 9.18 Å². The van der Waals surface area contributed by atoms with Gasteiger partial charge in [0, 0.05) is 17.2 Å². The molecule has 114 valence electrons. The Hall–Kier alpha value is -1.11. The molecule has 2 aliphatic rings. The molecule has 1 aromatic rings. The summed E-state index contributed by atoms with van der Waals surface area (Å²) >= 11 is 1.71. The van der Waals surface area contributed by atoms with Crippen LogP contribution in [0, 0.1) is 5.82 Å². The molecule has 0 aliphatic carbocycles. The first kappa shape index (κ1) is 14.8. The van der Waals surface area contributed by atoms with E-state index in [4.69, 9.17) is 4.74 Å². The van der Waals surface area contributed by atoms with Crippen LogP contribution in [-0.4, -0.2) is 37.0 Å². The molecule has 3 atom stereocenters. The van der Waals surface area contributed by atoms with Crippen molar-refractivity contribution in [1.29, 1.82) is 0 Å². The molecule has 0 bridgehead atoms. The van der Waals surface area contributed by atoms with Gasteiger partial charge < -0.3 is 15.4 Å². The van der Waals surface area contributed by atoms with Gasteiger partial charge in [0.05, 0.1) is 18.8 Å². The Kier molecular flexibility index (Phi) is 4.47. The van der Waals surface area contributed by atoms with Gasteiger partial charge in [-0.1, -0.05) is 0 Å². The Balaban J connectivity index is 1.74. The van der Waals surface area contributed by atoms with Gasteiger partial charge >= 0.3 is 0 Å². The molecule has 0 radical (unpaired) electrons. The van der Waals surface area contributed by atoms with E-state index >= 15 is 0 Å². The van der Waals surface area contributed by atoms with Gasteiger partial charge in [-0.15, -0.1) is 11.8 Å². The molecule has 6 heteroatoms. The van der Waals surface area contributed by atoms with Crippen molar-refractivity contribution in [2.45, 2.75) is 36.4 Å². The number of hydrogen-bond acceptors (Lipinski definition) is 4. The fourth-order valence-corrected chi connectivity index (χ4v) is 3.91. The molecule has 21 heavy (non-hydrogen) atoms. The summed E-state index contributed by atoms with van der Waals surface area (Å²) in [6.07, 6.45) is 0.665. The molecule has 1 fully saturated rings. The highest BCUT2D eigenvalue weighted by molar-refractivity contribution is 7.99. The number of hydrogen-bond donors (Lipinski definition) is 2. The number of halogens is 1. The number of thioether (sulfide) groups is 1. The highest BCUT2D eigenvalue weighted by Gasteiger charge is 2.31. The molecule has 1 amide bonds. The van der Waals surface area contributed by atoms with Crippen molar-refractivity contribution in [3.05, 3.63) is 29.6 Å². The summed E-state index contributed by atoms with van der Waals surface area (Å²) in [7, 11) is 0. The van der Waals surface area contributed by atoms with E-state index in [2.05, 4.69) is 10.6 Å². The monoisotopic (exact) mass is 310 g/mol. The molecule has 1 unspecified atom stereocenters. The number of nitrogens with one attached hydrogen (secondary N) is 2. The minimum atomic E-state index is -0.342. The smallest absolute Gasteiger partial charge is 0.240 e. The fourth-order valence-electron chi connectivity index (χ4n) is 2.80. The Labute approximate surface area is 127 Å². The van der Waals surface area contributed by atoms with Crippen molar-refractivity contribution in [2.24, 2.45) is 0 Å². The molecule has 0 aromatic heterocycles. The zero-order chi connectivity index (χ0) is 14.8. The number of amides is 1. The summed E-state index contributed by atoms with van der Waals surface area (Å²) in [5.41, 5.74) is 0.879. The standard InChI is InChI=1S/C15H19FN2O2S/c1-9-14(17-5-6-20-9)15(19)18-12-4-7-21-13-3-2-10(16)8-11(12)13/h2-3,8-9,12,14,17H,4-7H2,1H3,(H,18,19)/t9-,12?,14+/m1/s1. The first-order chi connectivity index (χ1) is 10.1. The van der Waals surface area contributed by atoms with E-state index < -0.39 is 0 Å². The molecule has 1 aromatic carbocycles. The highest BCUT2D eigenvalue weighted by atomic mass is 32.2. The Bertz CT molecular complexity index is 540. The first-order valence-corrected chi connectivity index (χ1v) is 8.21. The summed E-state index contributed by atoms with van der Waals surface area (Å²) in [5.74, 6) is 0.589. The number of fused-ring (bicyclic) bond motifs is 1. The van der Waals surface area contributed by atoms with Gasteiger partial charge in [0.15, 0.2) is 0 Å². The van der Waals surface area contributed by atoms with Crippen LogP contribution in [-0.2, 0) is 9.53 Å². The number of benzene rings is 1. The second-order valence-electron chi connectivity index (χ2n) is 5.39. The Morgan fingerprint density at radius 1 is 1.52 bits per heavy atom. The summed E-state index contributed by atoms with van der Waals surface area (Å²) in [5, 5.41) is 6.22. The maximum atomic E-state index is 13.5. The lowest BCUT2D eigenvalue weighted by Crippen LogP contribution is -2.56. The lowest BCUT2D eigenvalue weighted by Gasteiger charge is -2.32. The Morgan fingerprint density at radius 3 is 3.19 bits per heavy atom.